The largest absolute Gasteiger partial charge is 0.416 e. The summed E-state index contributed by atoms with van der Waals surface area (Å²) < 4.78 is 59.0. The molecule has 2 fully saturated rings. The lowest BCUT2D eigenvalue weighted by Crippen LogP contribution is -2.52. The van der Waals surface area contributed by atoms with Crippen LogP contribution in [0.4, 0.5) is 17.6 Å². The summed E-state index contributed by atoms with van der Waals surface area (Å²) in [7, 11) is 0. The number of hydrogen-bond acceptors (Lipinski definition) is 4. The van der Waals surface area contributed by atoms with Crippen LogP contribution in [-0.4, -0.2) is 42.0 Å². The Morgan fingerprint density at radius 1 is 1.19 bits per heavy atom. The van der Waals surface area contributed by atoms with Crippen molar-refractivity contribution in [1.29, 1.82) is 5.26 Å². The average molecular weight is 503 g/mol. The molecule has 10 heteroatoms. The minimum atomic E-state index is -4.69. The number of amides is 2. The first kappa shape index (κ1) is 25.6. The lowest BCUT2D eigenvalue weighted by atomic mass is 9.90. The van der Waals surface area contributed by atoms with Crippen LogP contribution in [0.15, 0.2) is 42.5 Å². The van der Waals surface area contributed by atoms with Crippen LogP contribution < -0.4 is 5.32 Å². The maximum Gasteiger partial charge on any atom is 0.416 e. The highest BCUT2D eigenvalue weighted by molar-refractivity contribution is 5.98. The third-order valence-corrected chi connectivity index (χ3v) is 6.85. The van der Waals surface area contributed by atoms with E-state index >= 15 is 0 Å². The van der Waals surface area contributed by atoms with Gasteiger partial charge in [0.1, 0.15) is 11.9 Å². The van der Waals surface area contributed by atoms with E-state index in [4.69, 9.17) is 4.74 Å². The molecule has 2 aliphatic heterocycles. The third-order valence-electron chi connectivity index (χ3n) is 6.85. The van der Waals surface area contributed by atoms with Gasteiger partial charge in [0.25, 0.3) is 5.91 Å². The van der Waals surface area contributed by atoms with Crippen LogP contribution in [0, 0.1) is 23.1 Å². The highest BCUT2D eigenvalue weighted by Gasteiger charge is 2.43. The Morgan fingerprint density at radius 2 is 1.94 bits per heavy atom. The predicted octanol–water partition coefficient (Wildman–Crippen LogP) is 4.60. The van der Waals surface area contributed by atoms with Gasteiger partial charge in [-0.05, 0) is 49.6 Å². The van der Waals surface area contributed by atoms with Crippen molar-refractivity contribution in [3.05, 3.63) is 70.5 Å². The predicted molar refractivity (Wildman–Crippen MR) is 121 cm³/mol. The molecule has 36 heavy (non-hydrogen) atoms. The topological polar surface area (TPSA) is 82.4 Å². The van der Waals surface area contributed by atoms with Crippen LogP contribution in [0.3, 0.4) is 0 Å². The van der Waals surface area contributed by atoms with E-state index in [0.29, 0.717) is 30.9 Å². The number of halogens is 4. The van der Waals surface area contributed by atoms with Crippen molar-refractivity contribution in [3.63, 3.8) is 0 Å². The summed E-state index contributed by atoms with van der Waals surface area (Å²) in [5, 5.41) is 12.0. The van der Waals surface area contributed by atoms with Crippen molar-refractivity contribution in [1.82, 2.24) is 10.2 Å². The molecule has 0 bridgehead atoms. The third kappa shape index (κ3) is 5.07. The van der Waals surface area contributed by atoms with E-state index < -0.39 is 35.5 Å². The second kappa shape index (κ2) is 10.3. The summed E-state index contributed by atoms with van der Waals surface area (Å²) in [6.07, 6.45) is -3.11. The number of alkyl halides is 3. The Hall–Kier alpha value is -3.45. The molecule has 1 unspecified atom stereocenters. The molecule has 0 aliphatic carbocycles. The van der Waals surface area contributed by atoms with E-state index in [0.717, 1.165) is 12.1 Å². The second-order valence-electron chi connectivity index (χ2n) is 9.08. The maximum absolute atomic E-state index is 14.8. The standard InChI is InChI=1S/C26H25F4N3O3/c1-2-19-7-9-22(33(19)25(35)16-5-3-4-15(10-16)12-31)24(34)32-23(17-13-36-14-17)20-8-6-18(11-21(20)27)26(28,29)30/h3-6,8,10-11,17,19,22-23H,2,7,9,13-14H2,1H3,(H,32,34)/t19-,22-,23?/m1/s1. The zero-order chi connectivity index (χ0) is 26.0. The second-order valence-corrected chi connectivity index (χ2v) is 9.08. The van der Waals surface area contributed by atoms with E-state index in [-0.39, 0.29) is 42.2 Å². The number of likely N-dealkylation sites (tertiary alicyclic amines) is 1. The van der Waals surface area contributed by atoms with Gasteiger partial charge in [0.2, 0.25) is 5.91 Å². The number of ether oxygens (including phenoxy) is 1. The first-order valence-corrected chi connectivity index (χ1v) is 11.7. The molecule has 2 aromatic rings. The van der Waals surface area contributed by atoms with Crippen molar-refractivity contribution < 1.29 is 31.9 Å². The van der Waals surface area contributed by atoms with E-state index in [1.165, 1.54) is 11.0 Å². The van der Waals surface area contributed by atoms with Gasteiger partial charge < -0.3 is 15.0 Å². The number of nitriles is 1. The number of benzene rings is 2. The molecule has 2 aliphatic rings. The molecule has 2 amide bonds. The summed E-state index contributed by atoms with van der Waals surface area (Å²) in [4.78, 5) is 28.3. The fourth-order valence-corrected chi connectivity index (χ4v) is 4.82. The number of nitrogens with zero attached hydrogens (tertiary/aromatic N) is 2. The van der Waals surface area contributed by atoms with Gasteiger partial charge >= 0.3 is 6.18 Å². The summed E-state index contributed by atoms with van der Waals surface area (Å²) >= 11 is 0. The van der Waals surface area contributed by atoms with Crippen molar-refractivity contribution in [2.75, 3.05) is 13.2 Å². The van der Waals surface area contributed by atoms with Crippen molar-refractivity contribution >= 4 is 11.8 Å². The van der Waals surface area contributed by atoms with Crippen LogP contribution >= 0.6 is 0 Å². The van der Waals surface area contributed by atoms with Gasteiger partial charge in [0, 0.05) is 23.1 Å². The van der Waals surface area contributed by atoms with Crippen LogP contribution in [0.1, 0.15) is 59.3 Å². The minimum absolute atomic E-state index is 0.0608. The van der Waals surface area contributed by atoms with Crippen LogP contribution in [-0.2, 0) is 15.7 Å². The summed E-state index contributed by atoms with van der Waals surface area (Å²) in [6.45, 7) is 2.34. The molecule has 4 rings (SSSR count). The lowest BCUT2D eigenvalue weighted by molar-refractivity contribution is -0.138. The van der Waals surface area contributed by atoms with Gasteiger partial charge in [0.05, 0.1) is 36.5 Å². The number of rotatable bonds is 6. The van der Waals surface area contributed by atoms with Crippen LogP contribution in [0.5, 0.6) is 0 Å². The Kier molecular flexibility index (Phi) is 7.31. The number of nitrogens with one attached hydrogen (secondary N) is 1. The summed E-state index contributed by atoms with van der Waals surface area (Å²) in [5.74, 6) is -2.28. The molecule has 3 atom stereocenters. The molecule has 0 aromatic heterocycles. The van der Waals surface area contributed by atoms with Crippen molar-refractivity contribution in [3.8, 4) is 6.07 Å². The molecule has 2 aromatic carbocycles. The van der Waals surface area contributed by atoms with Crippen LogP contribution in [0.25, 0.3) is 0 Å². The normalized spacial score (nSPS) is 20.9. The molecular formula is C26H25F4N3O3. The SMILES string of the molecule is CC[C@@H]1CC[C@H](C(=O)NC(c2ccc(C(F)(F)F)cc2F)C2COC2)N1C(=O)c1cccc(C#N)c1. The maximum atomic E-state index is 14.8. The van der Waals surface area contributed by atoms with Gasteiger partial charge in [-0.3, -0.25) is 9.59 Å². The first-order valence-electron chi connectivity index (χ1n) is 11.7. The molecule has 0 saturated carbocycles. The highest BCUT2D eigenvalue weighted by atomic mass is 19.4. The molecular weight excluding hydrogens is 478 g/mol. The van der Waals surface area contributed by atoms with E-state index in [1.54, 1.807) is 18.2 Å². The van der Waals surface area contributed by atoms with Gasteiger partial charge in [-0.25, -0.2) is 4.39 Å². The molecule has 2 heterocycles. The fourth-order valence-electron chi connectivity index (χ4n) is 4.82. The van der Waals surface area contributed by atoms with E-state index in [9.17, 15) is 32.4 Å². The van der Waals surface area contributed by atoms with Crippen molar-refractivity contribution in [2.24, 2.45) is 5.92 Å². The minimum Gasteiger partial charge on any atom is -0.381 e. The fraction of sp³-hybridized carbons (Fsp3) is 0.423. The zero-order valence-electron chi connectivity index (χ0n) is 19.5. The number of hydrogen-bond donors (Lipinski definition) is 1. The Balaban J connectivity index is 1.60. The molecule has 2 saturated heterocycles. The molecule has 0 radical (unpaired) electrons. The summed E-state index contributed by atoms with van der Waals surface area (Å²) in [6, 6.07) is 8.52. The quantitative estimate of drug-likeness (QED) is 0.584. The zero-order valence-corrected chi connectivity index (χ0v) is 19.5. The van der Waals surface area contributed by atoms with Crippen molar-refractivity contribution in [2.45, 2.75) is 50.5 Å². The van der Waals surface area contributed by atoms with Gasteiger partial charge in [-0.2, -0.15) is 18.4 Å². The number of carbonyl (C=O) groups excluding carboxylic acids is 2. The Bertz CT molecular complexity index is 1190. The van der Waals surface area contributed by atoms with Gasteiger partial charge in [0.15, 0.2) is 0 Å². The lowest BCUT2D eigenvalue weighted by Gasteiger charge is -2.36. The highest BCUT2D eigenvalue weighted by Crippen LogP contribution is 2.35. The van der Waals surface area contributed by atoms with Crippen LogP contribution in [0.2, 0.25) is 0 Å². The van der Waals surface area contributed by atoms with E-state index in [1.807, 2.05) is 13.0 Å². The molecule has 6 nitrogen and oxygen atoms in total. The molecule has 190 valence electrons. The Morgan fingerprint density at radius 3 is 2.53 bits per heavy atom. The number of carbonyl (C=O) groups is 2. The first-order chi connectivity index (χ1) is 17.1. The molecule has 0 spiro atoms. The smallest absolute Gasteiger partial charge is 0.381 e. The Labute approximate surface area is 205 Å². The van der Waals surface area contributed by atoms with Gasteiger partial charge in [-0.15, -0.1) is 0 Å². The van der Waals surface area contributed by atoms with E-state index in [2.05, 4.69) is 5.32 Å². The van der Waals surface area contributed by atoms with Gasteiger partial charge in [-0.1, -0.05) is 19.1 Å². The summed E-state index contributed by atoms with van der Waals surface area (Å²) in [5.41, 5.74) is -0.576. The monoisotopic (exact) mass is 503 g/mol. The molecule has 1 N–H and O–H groups in total. The average Bonchev–Trinajstić information content (AvgIpc) is 3.25.